The number of Topliss-reactive ketones (excluding diaryl/α,β-unsaturated/α-hetero) is 1. The molecule has 0 saturated heterocycles. The molecular weight excluding hydrogens is 423 g/mol. The van der Waals surface area contributed by atoms with Gasteiger partial charge in [0.25, 0.3) is 5.91 Å². The zero-order chi connectivity index (χ0) is 24.1. The van der Waals surface area contributed by atoms with Gasteiger partial charge in [-0.05, 0) is 56.2 Å². The van der Waals surface area contributed by atoms with Crippen molar-refractivity contribution in [3.05, 3.63) is 94.1 Å². The number of methoxy groups -OCH3 is 1. The lowest BCUT2D eigenvalue weighted by Crippen LogP contribution is -2.35. The molecule has 0 fully saturated rings. The molecule has 172 valence electrons. The van der Waals surface area contributed by atoms with Gasteiger partial charge in [0.15, 0.2) is 5.78 Å². The Morgan fingerprint density at radius 3 is 2.21 bits per heavy atom. The minimum atomic E-state index is -0.514. The molecule has 0 saturated carbocycles. The molecule has 33 heavy (non-hydrogen) atoms. The summed E-state index contributed by atoms with van der Waals surface area (Å²) >= 11 is 0. The summed E-state index contributed by atoms with van der Waals surface area (Å²) in [6.07, 6.45) is 0. The second-order valence-electron chi connectivity index (χ2n) is 7.75. The van der Waals surface area contributed by atoms with Gasteiger partial charge in [-0.3, -0.25) is 9.59 Å². The first-order valence-corrected chi connectivity index (χ1v) is 10.7. The molecule has 0 N–H and O–H groups in total. The van der Waals surface area contributed by atoms with E-state index >= 15 is 0 Å². The summed E-state index contributed by atoms with van der Waals surface area (Å²) in [5.74, 6) is -1.49. The molecule has 7 heteroatoms. The first-order valence-electron chi connectivity index (χ1n) is 10.7. The zero-order valence-corrected chi connectivity index (χ0v) is 19.2. The lowest BCUT2D eigenvalue weighted by molar-refractivity contribution is 0.0587. The normalized spacial score (nSPS) is 10.7. The summed E-state index contributed by atoms with van der Waals surface area (Å²) in [6, 6.07) is 14.5. The van der Waals surface area contributed by atoms with Crippen molar-refractivity contribution < 1.29 is 23.5 Å². The van der Waals surface area contributed by atoms with Crippen molar-refractivity contribution in [1.82, 2.24) is 9.47 Å². The van der Waals surface area contributed by atoms with E-state index in [4.69, 9.17) is 4.74 Å². The van der Waals surface area contributed by atoms with E-state index in [1.807, 2.05) is 6.92 Å². The Balaban J connectivity index is 1.98. The number of hydrogen-bond acceptors (Lipinski definition) is 4. The number of carbonyl (C=O) groups is 3. The maximum absolute atomic E-state index is 13.4. The summed E-state index contributed by atoms with van der Waals surface area (Å²) in [4.78, 5) is 40.5. The first-order chi connectivity index (χ1) is 15.8. The Labute approximate surface area is 192 Å². The molecule has 0 aliphatic carbocycles. The van der Waals surface area contributed by atoms with Crippen molar-refractivity contribution in [2.45, 2.75) is 33.9 Å². The van der Waals surface area contributed by atoms with Crippen LogP contribution >= 0.6 is 0 Å². The lowest BCUT2D eigenvalue weighted by Gasteiger charge is -2.23. The molecule has 3 aromatic rings. The van der Waals surface area contributed by atoms with E-state index in [0.29, 0.717) is 40.2 Å². The summed E-state index contributed by atoms with van der Waals surface area (Å²) in [6.45, 7) is 5.80. The SMILES string of the molecule is CCn1c(C)c(C(=O)CN(Cc2ccc(F)cc2)C(=O)c2ccccc2)c(C)c1C(=O)OC. The van der Waals surface area contributed by atoms with Gasteiger partial charge >= 0.3 is 5.97 Å². The standard InChI is InChI=1S/C26H27FN2O4/c1-5-29-18(3)23(17(2)24(29)26(32)33-4)22(30)16-28(15-19-11-13-21(27)14-12-19)25(31)20-9-7-6-8-10-20/h6-14H,5,15-16H2,1-4H3. The molecule has 3 rings (SSSR count). The predicted octanol–water partition coefficient (Wildman–Crippen LogP) is 4.58. The quantitative estimate of drug-likeness (QED) is 0.372. The van der Waals surface area contributed by atoms with Crippen molar-refractivity contribution in [3.8, 4) is 0 Å². The number of ether oxygens (including phenoxy) is 1. The predicted molar refractivity (Wildman–Crippen MR) is 123 cm³/mol. The molecule has 1 heterocycles. The highest BCUT2D eigenvalue weighted by atomic mass is 19.1. The molecule has 0 aliphatic rings. The van der Waals surface area contributed by atoms with Crippen LogP contribution in [-0.4, -0.2) is 40.8 Å². The van der Waals surface area contributed by atoms with Crippen LogP contribution in [0.15, 0.2) is 54.6 Å². The largest absolute Gasteiger partial charge is 0.464 e. The van der Waals surface area contributed by atoms with E-state index in [-0.39, 0.29) is 30.6 Å². The number of aromatic nitrogens is 1. The molecule has 1 aromatic heterocycles. The van der Waals surface area contributed by atoms with Crippen molar-refractivity contribution in [2.75, 3.05) is 13.7 Å². The van der Waals surface area contributed by atoms with Crippen LogP contribution < -0.4 is 0 Å². The number of hydrogen-bond donors (Lipinski definition) is 0. The van der Waals surface area contributed by atoms with E-state index < -0.39 is 5.97 Å². The highest BCUT2D eigenvalue weighted by Crippen LogP contribution is 2.24. The van der Waals surface area contributed by atoms with Gasteiger partial charge in [-0.1, -0.05) is 30.3 Å². The van der Waals surface area contributed by atoms with Crippen molar-refractivity contribution in [2.24, 2.45) is 0 Å². The first kappa shape index (κ1) is 23.9. The number of ketones is 1. The summed E-state index contributed by atoms with van der Waals surface area (Å²) in [7, 11) is 1.30. The number of esters is 1. The molecule has 2 aromatic carbocycles. The van der Waals surface area contributed by atoms with Crippen molar-refractivity contribution in [3.63, 3.8) is 0 Å². The van der Waals surface area contributed by atoms with Gasteiger partial charge in [-0.25, -0.2) is 9.18 Å². The van der Waals surface area contributed by atoms with E-state index in [1.165, 1.54) is 24.1 Å². The number of amides is 1. The lowest BCUT2D eigenvalue weighted by atomic mass is 10.0. The van der Waals surface area contributed by atoms with E-state index in [9.17, 15) is 18.8 Å². The fraction of sp³-hybridized carbons (Fsp3) is 0.269. The van der Waals surface area contributed by atoms with Crippen LogP contribution in [0, 0.1) is 19.7 Å². The minimum Gasteiger partial charge on any atom is -0.464 e. The Bertz CT molecular complexity index is 1170. The topological polar surface area (TPSA) is 68.6 Å². The van der Waals surface area contributed by atoms with Gasteiger partial charge in [0.1, 0.15) is 11.5 Å². The van der Waals surface area contributed by atoms with Crippen LogP contribution in [0.3, 0.4) is 0 Å². The van der Waals surface area contributed by atoms with Crippen molar-refractivity contribution >= 4 is 17.7 Å². The van der Waals surface area contributed by atoms with Crippen LogP contribution in [0.4, 0.5) is 4.39 Å². The summed E-state index contributed by atoms with van der Waals surface area (Å²) < 4.78 is 20.0. The fourth-order valence-electron chi connectivity index (χ4n) is 4.09. The Morgan fingerprint density at radius 2 is 1.64 bits per heavy atom. The third-order valence-corrected chi connectivity index (χ3v) is 5.67. The van der Waals surface area contributed by atoms with Crippen LogP contribution in [0.5, 0.6) is 0 Å². The zero-order valence-electron chi connectivity index (χ0n) is 19.2. The third-order valence-electron chi connectivity index (χ3n) is 5.67. The van der Waals surface area contributed by atoms with Gasteiger partial charge in [0.2, 0.25) is 0 Å². The monoisotopic (exact) mass is 450 g/mol. The second-order valence-corrected chi connectivity index (χ2v) is 7.75. The fourth-order valence-corrected chi connectivity index (χ4v) is 4.09. The number of rotatable bonds is 8. The smallest absolute Gasteiger partial charge is 0.354 e. The van der Waals surface area contributed by atoms with Gasteiger partial charge < -0.3 is 14.2 Å². The molecule has 0 bridgehead atoms. The van der Waals surface area contributed by atoms with Crippen LogP contribution in [0.25, 0.3) is 0 Å². The Hall–Kier alpha value is -3.74. The number of carbonyl (C=O) groups excluding carboxylic acids is 3. The van der Waals surface area contributed by atoms with Crippen LogP contribution in [0.1, 0.15) is 54.9 Å². The average molecular weight is 451 g/mol. The number of benzene rings is 2. The number of nitrogens with zero attached hydrogens (tertiary/aromatic N) is 2. The third kappa shape index (κ3) is 5.03. The molecular formula is C26H27FN2O4. The number of halogens is 1. The van der Waals surface area contributed by atoms with Gasteiger partial charge in [-0.15, -0.1) is 0 Å². The van der Waals surface area contributed by atoms with Gasteiger partial charge in [0, 0.05) is 29.9 Å². The molecule has 0 unspecified atom stereocenters. The molecule has 0 atom stereocenters. The Morgan fingerprint density at radius 1 is 1.00 bits per heavy atom. The summed E-state index contributed by atoms with van der Waals surface area (Å²) in [5.41, 5.74) is 3.06. The van der Waals surface area contributed by atoms with Crippen LogP contribution in [-0.2, 0) is 17.8 Å². The van der Waals surface area contributed by atoms with E-state index in [1.54, 1.807) is 60.9 Å². The Kier molecular flexibility index (Phi) is 7.43. The molecule has 0 radical (unpaired) electrons. The highest BCUT2D eigenvalue weighted by molar-refractivity contribution is 6.06. The molecule has 0 aliphatic heterocycles. The average Bonchev–Trinajstić information content (AvgIpc) is 3.08. The molecule has 0 spiro atoms. The van der Waals surface area contributed by atoms with Crippen LogP contribution in [0.2, 0.25) is 0 Å². The highest BCUT2D eigenvalue weighted by Gasteiger charge is 2.28. The van der Waals surface area contributed by atoms with Gasteiger partial charge in [-0.2, -0.15) is 0 Å². The van der Waals surface area contributed by atoms with Crippen molar-refractivity contribution in [1.29, 1.82) is 0 Å². The molecule has 1 amide bonds. The van der Waals surface area contributed by atoms with E-state index in [0.717, 1.165) is 0 Å². The second kappa shape index (κ2) is 10.3. The maximum Gasteiger partial charge on any atom is 0.354 e. The van der Waals surface area contributed by atoms with E-state index in [2.05, 4.69) is 0 Å². The minimum absolute atomic E-state index is 0.135. The maximum atomic E-state index is 13.4. The van der Waals surface area contributed by atoms with Gasteiger partial charge in [0.05, 0.1) is 13.7 Å². The summed E-state index contributed by atoms with van der Waals surface area (Å²) in [5, 5.41) is 0. The molecule has 6 nitrogen and oxygen atoms in total.